The topological polar surface area (TPSA) is 461 Å². The second-order valence-corrected chi connectivity index (χ2v) is 25.2. The SMILES string of the molecule is CC(C)C[C@H](NC(=O)[C@H](CCCCN)NC(=O)[C@H](Cc1ccccc1)NC(=O)[C@H](CC(C)C)NC(=O)[C@H](CC(C)C)NC(=O)[C@H](CCCCN)NC(=O)[C@@H](N)CCCCN)C(=O)N[C@@H](CCCCN)C(=O)N[C@@H](Cc1ccccc1)C(=O)N[C@@H](CCCCN)C(N)=O. The zero-order chi connectivity index (χ0) is 68.5. The molecule has 0 saturated carbocycles. The molecule has 10 atom stereocenters. The molecule has 518 valence electrons. The Bertz CT molecular complexity index is 2530. The molecule has 0 aliphatic heterocycles. The highest BCUT2D eigenvalue weighted by atomic mass is 16.2. The lowest BCUT2D eigenvalue weighted by atomic mass is 9.98. The van der Waals surface area contributed by atoms with Crippen molar-refractivity contribution in [3.05, 3.63) is 71.8 Å². The van der Waals surface area contributed by atoms with Crippen LogP contribution in [0.2, 0.25) is 0 Å². The molecule has 26 nitrogen and oxygen atoms in total. The smallest absolute Gasteiger partial charge is 0.243 e. The van der Waals surface area contributed by atoms with Gasteiger partial charge in [-0.3, -0.25) is 47.9 Å². The van der Waals surface area contributed by atoms with E-state index in [0.29, 0.717) is 108 Å². The van der Waals surface area contributed by atoms with Gasteiger partial charge in [-0.2, -0.15) is 0 Å². The van der Waals surface area contributed by atoms with Crippen LogP contribution < -0.4 is 88.0 Å². The minimum atomic E-state index is -1.32. The lowest BCUT2D eigenvalue weighted by molar-refractivity contribution is -0.136. The molecule has 26 heteroatoms. The van der Waals surface area contributed by atoms with Crippen molar-refractivity contribution in [1.29, 1.82) is 0 Å². The maximum atomic E-state index is 14.8. The van der Waals surface area contributed by atoms with E-state index < -0.39 is 119 Å². The van der Waals surface area contributed by atoms with Crippen LogP contribution in [-0.2, 0) is 60.8 Å². The number of hydrogen-bond acceptors (Lipinski definition) is 16. The van der Waals surface area contributed by atoms with Gasteiger partial charge in [-0.15, -0.1) is 0 Å². The van der Waals surface area contributed by atoms with E-state index in [1.807, 2.05) is 41.5 Å². The molecule has 0 bridgehead atoms. The fourth-order valence-corrected chi connectivity index (χ4v) is 10.4. The third-order valence-electron chi connectivity index (χ3n) is 15.5. The number of nitrogens with two attached hydrogens (primary N) is 7. The molecule has 2 rings (SSSR count). The van der Waals surface area contributed by atoms with E-state index in [2.05, 4.69) is 47.9 Å². The Kier molecular flexibility index (Phi) is 40.5. The lowest BCUT2D eigenvalue weighted by Crippen LogP contribution is -2.61. The standard InChI is InChI=1S/C66H114N16O10/c1-42(2)37-52(62(88)76-51(31-17-22-36-71)61(87)81-55(40-45-23-9-7-10-24-45)65(91)74-48(57(73)83)28-14-19-33-68)78-60(86)50(30-16-21-35-70)77-66(92)56(41-46-25-11-8-12-26-46)82-64(90)54(39-44(5)6)80-63(89)53(38-43(3)4)79-59(85)49(29-15-20-34-69)75-58(84)47(72)27-13-18-32-67/h7-12,23-26,42-44,47-56H,13-22,27-41,67-72H2,1-6H3,(H2,73,83)(H,74,91)(H,75,84)(H,76,88)(H,77,92)(H,78,86)(H,79,85)(H,80,89)(H,81,87)(H,82,90)/t47-,48-,49-,50-,51-,52-,53-,54-,55-,56-/m0/s1. The highest BCUT2D eigenvalue weighted by Gasteiger charge is 2.36. The molecule has 0 aromatic heterocycles. The van der Waals surface area contributed by atoms with E-state index in [0.717, 1.165) is 0 Å². The molecule has 0 aliphatic rings. The first-order chi connectivity index (χ1) is 43.9. The summed E-state index contributed by atoms with van der Waals surface area (Å²) < 4.78 is 0. The van der Waals surface area contributed by atoms with Crippen molar-refractivity contribution < 1.29 is 47.9 Å². The molecular weight excluding hydrogens is 1180 g/mol. The number of unbranched alkanes of at least 4 members (excludes halogenated alkanes) is 5. The summed E-state index contributed by atoms with van der Waals surface area (Å²) in [5, 5.41) is 25.3. The molecule has 92 heavy (non-hydrogen) atoms. The van der Waals surface area contributed by atoms with Crippen LogP contribution in [0.4, 0.5) is 0 Å². The number of carbonyl (C=O) groups excluding carboxylic acids is 10. The number of carbonyl (C=O) groups is 10. The van der Waals surface area contributed by atoms with Crippen molar-refractivity contribution in [1.82, 2.24) is 47.9 Å². The average molecular weight is 1290 g/mol. The van der Waals surface area contributed by atoms with Crippen LogP contribution in [0.15, 0.2) is 60.7 Å². The van der Waals surface area contributed by atoms with Crippen molar-refractivity contribution in [2.75, 3.05) is 32.7 Å². The van der Waals surface area contributed by atoms with Gasteiger partial charge < -0.3 is 88.0 Å². The summed E-state index contributed by atoms with van der Waals surface area (Å²) in [7, 11) is 0. The van der Waals surface area contributed by atoms with Gasteiger partial charge in [-0.25, -0.2) is 0 Å². The molecule has 0 fully saturated rings. The largest absolute Gasteiger partial charge is 0.368 e. The molecule has 0 unspecified atom stereocenters. The number of primary amides is 1. The van der Waals surface area contributed by atoms with Gasteiger partial charge in [0, 0.05) is 12.8 Å². The number of benzene rings is 2. The Balaban J connectivity index is 2.54. The Morgan fingerprint density at radius 3 is 0.815 bits per heavy atom. The summed E-state index contributed by atoms with van der Waals surface area (Å²) in [6.07, 6.45) is 6.61. The molecule has 2 aromatic rings. The van der Waals surface area contributed by atoms with Gasteiger partial charge in [0.05, 0.1) is 6.04 Å². The minimum absolute atomic E-state index is 0.0270. The second kappa shape index (κ2) is 46.0. The van der Waals surface area contributed by atoms with Crippen molar-refractivity contribution in [3.8, 4) is 0 Å². The quantitative estimate of drug-likeness (QED) is 0.0400. The molecule has 10 amide bonds. The first kappa shape index (κ1) is 81.0. The van der Waals surface area contributed by atoms with Gasteiger partial charge >= 0.3 is 0 Å². The Labute approximate surface area is 545 Å². The van der Waals surface area contributed by atoms with Gasteiger partial charge in [0.25, 0.3) is 0 Å². The third kappa shape index (κ3) is 33.0. The van der Waals surface area contributed by atoms with Crippen molar-refractivity contribution in [3.63, 3.8) is 0 Å². The van der Waals surface area contributed by atoms with Crippen LogP contribution in [0.1, 0.15) is 168 Å². The highest BCUT2D eigenvalue weighted by molar-refractivity contribution is 5.98. The van der Waals surface area contributed by atoms with E-state index in [4.69, 9.17) is 40.1 Å². The Morgan fingerprint density at radius 2 is 0.533 bits per heavy atom. The summed E-state index contributed by atoms with van der Waals surface area (Å²) in [6, 6.07) is 6.21. The molecular formula is C66H114N16O10. The van der Waals surface area contributed by atoms with Crippen molar-refractivity contribution >= 4 is 59.1 Å². The Hall–Kier alpha value is -7.10. The zero-order valence-electron chi connectivity index (χ0n) is 55.6. The van der Waals surface area contributed by atoms with Crippen LogP contribution in [0.3, 0.4) is 0 Å². The number of nitrogens with one attached hydrogen (secondary N) is 9. The van der Waals surface area contributed by atoms with Gasteiger partial charge in [0.2, 0.25) is 59.1 Å². The zero-order valence-corrected chi connectivity index (χ0v) is 55.6. The fraction of sp³-hybridized carbons (Fsp3) is 0.667. The predicted molar refractivity (Wildman–Crippen MR) is 358 cm³/mol. The minimum Gasteiger partial charge on any atom is -0.368 e. The fourth-order valence-electron chi connectivity index (χ4n) is 10.4. The van der Waals surface area contributed by atoms with Gasteiger partial charge in [-0.1, -0.05) is 109 Å². The summed E-state index contributed by atoms with van der Waals surface area (Å²) >= 11 is 0. The number of hydrogen-bond donors (Lipinski definition) is 16. The molecule has 23 N–H and O–H groups in total. The molecule has 0 heterocycles. The molecule has 0 spiro atoms. The van der Waals surface area contributed by atoms with Crippen LogP contribution >= 0.6 is 0 Å². The van der Waals surface area contributed by atoms with E-state index in [-0.39, 0.29) is 82.1 Å². The normalized spacial score (nSPS) is 14.6. The molecule has 2 aromatic carbocycles. The molecule has 0 radical (unpaired) electrons. The van der Waals surface area contributed by atoms with Crippen molar-refractivity contribution in [2.24, 2.45) is 57.9 Å². The summed E-state index contributed by atoms with van der Waals surface area (Å²) in [4.78, 5) is 141. The summed E-state index contributed by atoms with van der Waals surface area (Å²) in [5.74, 6) is -7.27. The highest BCUT2D eigenvalue weighted by Crippen LogP contribution is 2.16. The van der Waals surface area contributed by atoms with Crippen LogP contribution in [0.25, 0.3) is 0 Å². The van der Waals surface area contributed by atoms with Gasteiger partial charge in [0.15, 0.2) is 0 Å². The summed E-state index contributed by atoms with van der Waals surface area (Å²) in [5.41, 5.74) is 42.1. The number of amides is 10. The predicted octanol–water partition coefficient (Wildman–Crippen LogP) is 0.431. The van der Waals surface area contributed by atoms with Crippen LogP contribution in [-0.4, -0.2) is 152 Å². The van der Waals surface area contributed by atoms with E-state index in [1.54, 1.807) is 60.7 Å². The third-order valence-corrected chi connectivity index (χ3v) is 15.5. The van der Waals surface area contributed by atoms with Crippen LogP contribution in [0.5, 0.6) is 0 Å². The van der Waals surface area contributed by atoms with Crippen molar-refractivity contribution in [2.45, 2.75) is 230 Å². The number of rotatable bonds is 49. The van der Waals surface area contributed by atoms with Gasteiger partial charge in [-0.05, 0) is 171 Å². The van der Waals surface area contributed by atoms with Crippen LogP contribution in [0, 0.1) is 17.8 Å². The van der Waals surface area contributed by atoms with E-state index in [9.17, 15) is 47.9 Å². The summed E-state index contributed by atoms with van der Waals surface area (Å²) in [6.45, 7) is 12.9. The lowest BCUT2D eigenvalue weighted by Gasteiger charge is -2.29. The maximum absolute atomic E-state index is 14.8. The van der Waals surface area contributed by atoms with Gasteiger partial charge in [0.1, 0.15) is 54.4 Å². The van der Waals surface area contributed by atoms with E-state index in [1.165, 1.54) is 0 Å². The second-order valence-electron chi connectivity index (χ2n) is 25.2. The van der Waals surface area contributed by atoms with E-state index >= 15 is 0 Å². The average Bonchev–Trinajstić information content (AvgIpc) is 1.23. The maximum Gasteiger partial charge on any atom is 0.243 e. The monoisotopic (exact) mass is 1290 g/mol. The first-order valence-corrected chi connectivity index (χ1v) is 33.2. The first-order valence-electron chi connectivity index (χ1n) is 33.2. The molecule has 0 saturated heterocycles. The molecule has 0 aliphatic carbocycles. The Morgan fingerprint density at radius 1 is 0.304 bits per heavy atom.